The summed E-state index contributed by atoms with van der Waals surface area (Å²) < 4.78 is 5.57. The molecule has 1 N–H and O–H groups in total. The van der Waals surface area contributed by atoms with E-state index in [1.807, 2.05) is 19.9 Å². The van der Waals surface area contributed by atoms with Crippen molar-refractivity contribution in [3.8, 4) is 5.88 Å². The molecule has 5 heteroatoms. The molecule has 0 radical (unpaired) electrons. The van der Waals surface area contributed by atoms with Gasteiger partial charge in [-0.1, -0.05) is 13.0 Å². The lowest BCUT2D eigenvalue weighted by Gasteiger charge is -2.16. The molecule has 1 unspecified atom stereocenters. The quantitative estimate of drug-likeness (QED) is 0.870. The SMILES string of the molecule is CCC(Nc1cc(OC(C)C)ncn1)c1cccs1. The number of aromatic nitrogens is 2. The zero-order valence-electron chi connectivity index (χ0n) is 11.5. The second-order valence-electron chi connectivity index (χ2n) is 4.53. The highest BCUT2D eigenvalue weighted by Gasteiger charge is 2.11. The first-order valence-electron chi connectivity index (χ1n) is 6.47. The van der Waals surface area contributed by atoms with Gasteiger partial charge >= 0.3 is 0 Å². The van der Waals surface area contributed by atoms with E-state index in [0.29, 0.717) is 5.88 Å². The van der Waals surface area contributed by atoms with Crippen molar-refractivity contribution in [2.45, 2.75) is 39.3 Å². The largest absolute Gasteiger partial charge is 0.475 e. The average Bonchev–Trinajstić information content (AvgIpc) is 2.89. The molecule has 19 heavy (non-hydrogen) atoms. The molecular formula is C14H19N3OS. The van der Waals surface area contributed by atoms with E-state index in [0.717, 1.165) is 12.2 Å². The van der Waals surface area contributed by atoms with Crippen LogP contribution in [0.15, 0.2) is 29.9 Å². The van der Waals surface area contributed by atoms with Crippen LogP contribution in [0.5, 0.6) is 5.88 Å². The lowest BCUT2D eigenvalue weighted by Crippen LogP contribution is -2.11. The number of rotatable bonds is 6. The van der Waals surface area contributed by atoms with E-state index in [1.165, 1.54) is 11.2 Å². The molecule has 102 valence electrons. The third kappa shape index (κ3) is 3.92. The van der Waals surface area contributed by atoms with Gasteiger partial charge in [0.05, 0.1) is 12.1 Å². The van der Waals surface area contributed by atoms with Crippen molar-refractivity contribution in [2.24, 2.45) is 0 Å². The molecule has 0 bridgehead atoms. The monoisotopic (exact) mass is 277 g/mol. The van der Waals surface area contributed by atoms with Crippen molar-refractivity contribution >= 4 is 17.2 Å². The Labute approximate surface area is 117 Å². The van der Waals surface area contributed by atoms with Crippen molar-refractivity contribution in [3.05, 3.63) is 34.8 Å². The smallest absolute Gasteiger partial charge is 0.218 e. The van der Waals surface area contributed by atoms with Crippen molar-refractivity contribution in [1.82, 2.24) is 9.97 Å². The first-order chi connectivity index (χ1) is 9.19. The zero-order valence-corrected chi connectivity index (χ0v) is 12.3. The summed E-state index contributed by atoms with van der Waals surface area (Å²) in [5.41, 5.74) is 0. The van der Waals surface area contributed by atoms with Crippen molar-refractivity contribution < 1.29 is 4.74 Å². The lowest BCUT2D eigenvalue weighted by molar-refractivity contribution is 0.232. The fraction of sp³-hybridized carbons (Fsp3) is 0.429. The van der Waals surface area contributed by atoms with E-state index in [-0.39, 0.29) is 12.1 Å². The van der Waals surface area contributed by atoms with Crippen LogP contribution in [0.4, 0.5) is 5.82 Å². The normalized spacial score (nSPS) is 12.4. The molecule has 0 aliphatic heterocycles. The highest BCUT2D eigenvalue weighted by molar-refractivity contribution is 7.10. The second kappa shape index (κ2) is 6.52. The molecule has 2 heterocycles. The molecule has 0 spiro atoms. The maximum Gasteiger partial charge on any atom is 0.218 e. The van der Waals surface area contributed by atoms with Crippen LogP contribution < -0.4 is 10.1 Å². The molecule has 0 fully saturated rings. The molecule has 4 nitrogen and oxygen atoms in total. The fourth-order valence-electron chi connectivity index (χ4n) is 1.77. The van der Waals surface area contributed by atoms with Crippen LogP contribution in [0, 0.1) is 0 Å². The third-order valence-corrected chi connectivity index (χ3v) is 3.60. The summed E-state index contributed by atoms with van der Waals surface area (Å²) in [4.78, 5) is 9.66. The highest BCUT2D eigenvalue weighted by Crippen LogP contribution is 2.26. The van der Waals surface area contributed by atoms with E-state index in [2.05, 4.69) is 39.7 Å². The van der Waals surface area contributed by atoms with Crippen LogP contribution in [0.3, 0.4) is 0 Å². The predicted octanol–water partition coefficient (Wildman–Crippen LogP) is 3.89. The number of hydrogen-bond acceptors (Lipinski definition) is 5. The molecule has 2 rings (SSSR count). The molecule has 2 aromatic rings. The first kappa shape index (κ1) is 13.8. The lowest BCUT2D eigenvalue weighted by atomic mass is 10.2. The van der Waals surface area contributed by atoms with Crippen molar-refractivity contribution in [2.75, 3.05) is 5.32 Å². The van der Waals surface area contributed by atoms with Gasteiger partial charge in [0.2, 0.25) is 5.88 Å². The van der Waals surface area contributed by atoms with Crippen LogP contribution in [-0.4, -0.2) is 16.1 Å². The number of nitrogens with zero attached hydrogens (tertiary/aromatic N) is 2. The van der Waals surface area contributed by atoms with Gasteiger partial charge in [0.25, 0.3) is 0 Å². The molecular weight excluding hydrogens is 258 g/mol. The molecule has 0 aromatic carbocycles. The number of thiophene rings is 1. The number of hydrogen-bond donors (Lipinski definition) is 1. The number of anilines is 1. The minimum Gasteiger partial charge on any atom is -0.475 e. The van der Waals surface area contributed by atoms with Gasteiger partial charge in [-0.2, -0.15) is 0 Å². The summed E-state index contributed by atoms with van der Waals surface area (Å²) in [6.07, 6.45) is 2.65. The van der Waals surface area contributed by atoms with Gasteiger partial charge in [0, 0.05) is 10.9 Å². The average molecular weight is 277 g/mol. The van der Waals surface area contributed by atoms with Crippen LogP contribution in [-0.2, 0) is 0 Å². The van der Waals surface area contributed by atoms with Crippen LogP contribution in [0.2, 0.25) is 0 Å². The van der Waals surface area contributed by atoms with Crippen LogP contribution in [0.1, 0.15) is 38.1 Å². The van der Waals surface area contributed by atoms with Gasteiger partial charge in [-0.3, -0.25) is 0 Å². The second-order valence-corrected chi connectivity index (χ2v) is 5.51. The molecule has 2 aromatic heterocycles. The fourth-order valence-corrected chi connectivity index (χ4v) is 2.63. The highest BCUT2D eigenvalue weighted by atomic mass is 32.1. The van der Waals surface area contributed by atoms with E-state index in [4.69, 9.17) is 4.74 Å². The Hall–Kier alpha value is -1.62. The molecule has 0 amide bonds. The number of ether oxygens (including phenoxy) is 1. The standard InChI is InChI=1S/C14H19N3OS/c1-4-11(12-6-5-7-19-12)17-13-8-14(16-9-15-13)18-10(2)3/h5-11H,4H2,1-3H3,(H,15,16,17). The topological polar surface area (TPSA) is 47.0 Å². The van der Waals surface area contributed by atoms with Crippen molar-refractivity contribution in [1.29, 1.82) is 0 Å². The van der Waals surface area contributed by atoms with E-state index in [9.17, 15) is 0 Å². The molecule has 0 saturated heterocycles. The summed E-state index contributed by atoms with van der Waals surface area (Å²) in [5.74, 6) is 1.40. The third-order valence-electron chi connectivity index (χ3n) is 2.62. The Morgan fingerprint density at radius 2 is 2.21 bits per heavy atom. The van der Waals surface area contributed by atoms with E-state index >= 15 is 0 Å². The molecule has 1 atom stereocenters. The van der Waals surface area contributed by atoms with Gasteiger partial charge < -0.3 is 10.1 Å². The van der Waals surface area contributed by atoms with Gasteiger partial charge in [0.1, 0.15) is 12.1 Å². The van der Waals surface area contributed by atoms with Gasteiger partial charge in [-0.05, 0) is 31.7 Å². The Bertz CT molecular complexity index is 499. The Morgan fingerprint density at radius 3 is 2.84 bits per heavy atom. The summed E-state index contributed by atoms with van der Waals surface area (Å²) in [7, 11) is 0. The summed E-state index contributed by atoms with van der Waals surface area (Å²) in [6, 6.07) is 6.33. The molecule has 0 aliphatic carbocycles. The molecule has 0 saturated carbocycles. The van der Waals surface area contributed by atoms with Crippen LogP contribution >= 0.6 is 11.3 Å². The van der Waals surface area contributed by atoms with E-state index < -0.39 is 0 Å². The minimum absolute atomic E-state index is 0.113. The Balaban J connectivity index is 2.09. The Morgan fingerprint density at radius 1 is 1.37 bits per heavy atom. The van der Waals surface area contributed by atoms with Gasteiger partial charge in [-0.25, -0.2) is 9.97 Å². The zero-order chi connectivity index (χ0) is 13.7. The van der Waals surface area contributed by atoms with E-state index in [1.54, 1.807) is 11.3 Å². The maximum atomic E-state index is 5.57. The van der Waals surface area contributed by atoms with Gasteiger partial charge in [-0.15, -0.1) is 11.3 Å². The maximum absolute atomic E-state index is 5.57. The minimum atomic E-state index is 0.113. The van der Waals surface area contributed by atoms with Crippen molar-refractivity contribution in [3.63, 3.8) is 0 Å². The predicted molar refractivity (Wildman–Crippen MR) is 78.8 cm³/mol. The van der Waals surface area contributed by atoms with Gasteiger partial charge in [0.15, 0.2) is 0 Å². The summed E-state index contributed by atoms with van der Waals surface area (Å²) >= 11 is 1.75. The summed E-state index contributed by atoms with van der Waals surface area (Å²) in [6.45, 7) is 6.12. The first-order valence-corrected chi connectivity index (χ1v) is 7.35. The summed E-state index contributed by atoms with van der Waals surface area (Å²) in [5, 5.41) is 5.51. The van der Waals surface area contributed by atoms with Crippen LogP contribution in [0.25, 0.3) is 0 Å². The number of nitrogens with one attached hydrogen (secondary N) is 1. The Kier molecular flexibility index (Phi) is 4.74. The molecule has 0 aliphatic rings.